The zero-order valence-corrected chi connectivity index (χ0v) is 21.3. The highest BCUT2D eigenvalue weighted by Crippen LogP contribution is 2.34. The molecule has 6 rings (SSSR count). The number of carbonyl (C=O) groups excluding carboxylic acids is 1. The zero-order valence-electron chi connectivity index (χ0n) is 21.3. The van der Waals surface area contributed by atoms with Gasteiger partial charge >= 0.3 is 6.16 Å². The van der Waals surface area contributed by atoms with Crippen LogP contribution < -0.4 is 0 Å². The quantitative estimate of drug-likeness (QED) is 0.304. The van der Waals surface area contributed by atoms with E-state index in [2.05, 4.69) is 43.0 Å². The van der Waals surface area contributed by atoms with Gasteiger partial charge in [-0.05, 0) is 36.6 Å². The molecular weight excluding hydrogens is 498 g/mol. The Kier molecular flexibility index (Phi) is 6.34. The van der Waals surface area contributed by atoms with E-state index in [1.807, 2.05) is 29.1 Å². The molecule has 0 saturated carbocycles. The number of carbonyl (C=O) groups is 1. The van der Waals surface area contributed by atoms with Crippen molar-refractivity contribution in [2.75, 3.05) is 20.2 Å². The zero-order chi connectivity index (χ0) is 26.8. The molecule has 5 aromatic rings. The SMILES string of the molecule is COC(=O)ON1CCC(CC#N)(n2cc(-c3cnc4ncc(Cc5ccc6ncccc6c5)n4n3)cn2)CC1. The van der Waals surface area contributed by atoms with Crippen LogP contribution in [-0.2, 0) is 21.5 Å². The van der Waals surface area contributed by atoms with Gasteiger partial charge in [0.1, 0.15) is 5.69 Å². The van der Waals surface area contributed by atoms with E-state index in [-0.39, 0.29) is 6.42 Å². The maximum absolute atomic E-state index is 11.5. The number of hydrogen-bond donors (Lipinski definition) is 0. The summed E-state index contributed by atoms with van der Waals surface area (Å²) in [5.41, 5.74) is 3.90. The minimum absolute atomic E-state index is 0.276. The topological polar surface area (TPSA) is 136 Å². The van der Waals surface area contributed by atoms with Crippen molar-refractivity contribution in [1.82, 2.24) is 39.4 Å². The number of imidazole rings is 1. The number of nitrogens with zero attached hydrogens (tertiary/aromatic N) is 9. The third-order valence-electron chi connectivity index (χ3n) is 7.15. The molecule has 0 radical (unpaired) electrons. The number of piperidine rings is 1. The number of hydroxylamine groups is 2. The number of benzene rings is 1. The standard InChI is InChI=1S/C27H25N9O3/c1-38-26(37)39-34-11-7-27(6-9-28,8-12-34)35-18-21(15-32-35)24-17-31-25-30-16-22(36(25)33-24)14-19-4-5-23-20(13-19)3-2-10-29-23/h2-5,10,13,15-18H,6-8,11-12,14H2,1H3. The van der Waals surface area contributed by atoms with Gasteiger partial charge in [0.2, 0.25) is 0 Å². The van der Waals surface area contributed by atoms with E-state index in [1.54, 1.807) is 34.4 Å². The van der Waals surface area contributed by atoms with Gasteiger partial charge in [-0.2, -0.15) is 15.5 Å². The maximum Gasteiger partial charge on any atom is 0.527 e. The Balaban J connectivity index is 1.25. The first-order valence-electron chi connectivity index (χ1n) is 12.5. The number of hydrogen-bond acceptors (Lipinski definition) is 10. The number of ether oxygens (including phenoxy) is 1. The van der Waals surface area contributed by atoms with Crippen molar-refractivity contribution in [3.8, 4) is 17.3 Å². The maximum atomic E-state index is 11.5. The molecule has 0 amide bonds. The smallest absolute Gasteiger partial charge is 0.436 e. The molecule has 196 valence electrons. The molecule has 0 unspecified atom stereocenters. The summed E-state index contributed by atoms with van der Waals surface area (Å²) in [6, 6.07) is 12.5. The Labute approximate surface area is 223 Å². The largest absolute Gasteiger partial charge is 0.527 e. The van der Waals surface area contributed by atoms with Crippen molar-refractivity contribution < 1.29 is 14.4 Å². The highest BCUT2D eigenvalue weighted by Gasteiger charge is 2.38. The summed E-state index contributed by atoms with van der Waals surface area (Å²) < 4.78 is 8.17. The molecule has 0 atom stereocenters. The van der Waals surface area contributed by atoms with Gasteiger partial charge in [0.25, 0.3) is 5.78 Å². The predicted molar refractivity (Wildman–Crippen MR) is 139 cm³/mol. The number of nitriles is 1. The fourth-order valence-electron chi connectivity index (χ4n) is 5.00. The second kappa shape index (κ2) is 10.1. The van der Waals surface area contributed by atoms with Crippen molar-refractivity contribution in [2.24, 2.45) is 0 Å². The van der Waals surface area contributed by atoms with Gasteiger partial charge in [0.05, 0.1) is 54.9 Å². The first-order valence-corrected chi connectivity index (χ1v) is 12.5. The van der Waals surface area contributed by atoms with Gasteiger partial charge < -0.3 is 9.57 Å². The lowest BCUT2D eigenvalue weighted by molar-refractivity contribution is -0.148. The average molecular weight is 524 g/mol. The molecule has 0 aliphatic carbocycles. The third-order valence-corrected chi connectivity index (χ3v) is 7.15. The molecule has 1 aromatic carbocycles. The number of fused-ring (bicyclic) bond motifs is 2. The Morgan fingerprint density at radius 3 is 2.79 bits per heavy atom. The molecule has 39 heavy (non-hydrogen) atoms. The van der Waals surface area contributed by atoms with E-state index in [0.29, 0.717) is 43.8 Å². The van der Waals surface area contributed by atoms with Gasteiger partial charge in [-0.1, -0.05) is 12.1 Å². The van der Waals surface area contributed by atoms with Crippen LogP contribution in [0, 0.1) is 11.3 Å². The van der Waals surface area contributed by atoms with Crippen molar-refractivity contribution in [3.05, 3.63) is 72.6 Å². The Morgan fingerprint density at radius 2 is 1.97 bits per heavy atom. The number of rotatable bonds is 6. The Morgan fingerprint density at radius 1 is 1.13 bits per heavy atom. The van der Waals surface area contributed by atoms with Crippen LogP contribution in [0.15, 0.2) is 61.3 Å². The summed E-state index contributed by atoms with van der Waals surface area (Å²) in [6.45, 7) is 0.919. The first kappa shape index (κ1) is 24.4. The molecule has 1 aliphatic rings. The van der Waals surface area contributed by atoms with E-state index in [0.717, 1.165) is 27.7 Å². The normalized spacial score (nSPS) is 15.3. The molecule has 0 N–H and O–H groups in total. The van der Waals surface area contributed by atoms with Gasteiger partial charge in [0, 0.05) is 42.9 Å². The molecule has 1 fully saturated rings. The van der Waals surface area contributed by atoms with Crippen LogP contribution in [0.4, 0.5) is 4.79 Å². The van der Waals surface area contributed by atoms with E-state index < -0.39 is 11.7 Å². The van der Waals surface area contributed by atoms with Crippen LogP contribution in [0.25, 0.3) is 27.9 Å². The van der Waals surface area contributed by atoms with Gasteiger partial charge in [0.15, 0.2) is 0 Å². The van der Waals surface area contributed by atoms with Crippen LogP contribution in [0.3, 0.4) is 0 Å². The van der Waals surface area contributed by atoms with Crippen LogP contribution in [0.1, 0.15) is 30.5 Å². The monoisotopic (exact) mass is 523 g/mol. The minimum Gasteiger partial charge on any atom is -0.436 e. The third kappa shape index (κ3) is 4.75. The fourth-order valence-corrected chi connectivity index (χ4v) is 5.00. The molecule has 5 heterocycles. The van der Waals surface area contributed by atoms with Crippen LogP contribution >= 0.6 is 0 Å². The molecule has 1 saturated heterocycles. The fraction of sp³-hybridized carbons (Fsp3) is 0.296. The Hall–Kier alpha value is -4.89. The van der Waals surface area contributed by atoms with Gasteiger partial charge in [-0.3, -0.25) is 9.67 Å². The van der Waals surface area contributed by atoms with Crippen molar-refractivity contribution in [2.45, 2.75) is 31.2 Å². The summed E-state index contributed by atoms with van der Waals surface area (Å²) >= 11 is 0. The van der Waals surface area contributed by atoms with E-state index >= 15 is 0 Å². The lowest BCUT2D eigenvalue weighted by Crippen LogP contribution is -2.46. The molecule has 12 heteroatoms. The molecule has 4 aromatic heterocycles. The van der Waals surface area contributed by atoms with Crippen LogP contribution in [0.2, 0.25) is 0 Å². The van der Waals surface area contributed by atoms with Gasteiger partial charge in [-0.15, -0.1) is 5.06 Å². The second-order valence-corrected chi connectivity index (χ2v) is 9.52. The number of methoxy groups -OCH3 is 1. The van der Waals surface area contributed by atoms with Gasteiger partial charge in [-0.25, -0.2) is 19.3 Å². The van der Waals surface area contributed by atoms with E-state index in [9.17, 15) is 10.1 Å². The lowest BCUT2D eigenvalue weighted by atomic mass is 9.85. The summed E-state index contributed by atoms with van der Waals surface area (Å²) in [6.07, 6.45) is 10.2. The predicted octanol–water partition coefficient (Wildman–Crippen LogP) is 3.53. The van der Waals surface area contributed by atoms with Crippen LogP contribution in [-0.4, -0.2) is 65.8 Å². The summed E-state index contributed by atoms with van der Waals surface area (Å²) in [5.74, 6) is 0.516. The highest BCUT2D eigenvalue weighted by molar-refractivity contribution is 5.79. The minimum atomic E-state index is -0.755. The first-order chi connectivity index (χ1) is 19.1. The molecular formula is C27H25N9O3. The molecule has 12 nitrogen and oxygen atoms in total. The summed E-state index contributed by atoms with van der Waals surface area (Å²) in [7, 11) is 1.27. The Bertz CT molecular complexity index is 1700. The van der Waals surface area contributed by atoms with E-state index in [1.165, 1.54) is 7.11 Å². The molecule has 0 spiro atoms. The summed E-state index contributed by atoms with van der Waals surface area (Å²) in [5, 5.41) is 21.6. The van der Waals surface area contributed by atoms with Crippen molar-refractivity contribution >= 4 is 22.8 Å². The van der Waals surface area contributed by atoms with Crippen molar-refractivity contribution in [1.29, 1.82) is 5.26 Å². The number of aromatic nitrogens is 7. The molecule has 1 aliphatic heterocycles. The number of pyridine rings is 1. The summed E-state index contributed by atoms with van der Waals surface area (Å²) in [4.78, 5) is 30.0. The second-order valence-electron chi connectivity index (χ2n) is 9.52. The average Bonchev–Trinajstić information content (AvgIpc) is 3.62. The van der Waals surface area contributed by atoms with Crippen molar-refractivity contribution in [3.63, 3.8) is 0 Å². The lowest BCUT2D eigenvalue weighted by Gasteiger charge is -2.39. The molecule has 0 bridgehead atoms. The highest BCUT2D eigenvalue weighted by atomic mass is 16.8. The van der Waals surface area contributed by atoms with E-state index in [4.69, 9.17) is 9.94 Å². The van der Waals surface area contributed by atoms with Crippen LogP contribution in [0.5, 0.6) is 0 Å².